The number of benzene rings is 2. The number of hydrogen-bond donors (Lipinski definition) is 1. The zero-order valence-corrected chi connectivity index (χ0v) is 11.8. The number of carbonyl (C=O) groups excluding carboxylic acids is 1. The normalized spacial score (nSPS) is 10.1. The Balaban J connectivity index is 1.98. The van der Waals surface area contributed by atoms with E-state index in [2.05, 4.69) is 5.32 Å². The van der Waals surface area contributed by atoms with E-state index in [0.29, 0.717) is 5.69 Å². The van der Waals surface area contributed by atoms with Gasteiger partial charge in [-0.2, -0.15) is 0 Å². The highest BCUT2D eigenvalue weighted by Crippen LogP contribution is 2.25. The van der Waals surface area contributed by atoms with Crippen LogP contribution in [0.5, 0.6) is 5.75 Å². The van der Waals surface area contributed by atoms with Crippen molar-refractivity contribution in [1.82, 2.24) is 0 Å². The third-order valence-electron chi connectivity index (χ3n) is 2.62. The standard InChI is InChI=1S/C14H10ClFN2O4/c15-10-7-9(5-6-11(10)16)17-14(19)8-22-13-4-2-1-3-12(13)18(20)21/h1-7H,8H2,(H,17,19). The highest BCUT2D eigenvalue weighted by atomic mass is 35.5. The first-order valence-electron chi connectivity index (χ1n) is 6.08. The van der Waals surface area contributed by atoms with Crippen molar-refractivity contribution in [3.63, 3.8) is 0 Å². The Bertz CT molecular complexity index is 724. The van der Waals surface area contributed by atoms with Crippen molar-refractivity contribution in [1.29, 1.82) is 0 Å². The number of halogens is 2. The second kappa shape index (κ2) is 6.86. The van der Waals surface area contributed by atoms with Crippen LogP contribution in [0.1, 0.15) is 0 Å². The molecule has 114 valence electrons. The lowest BCUT2D eigenvalue weighted by Crippen LogP contribution is -2.20. The van der Waals surface area contributed by atoms with E-state index in [0.717, 1.165) is 6.07 Å². The summed E-state index contributed by atoms with van der Waals surface area (Å²) in [5.41, 5.74) is 0.0580. The molecule has 0 radical (unpaired) electrons. The summed E-state index contributed by atoms with van der Waals surface area (Å²) < 4.78 is 18.1. The van der Waals surface area contributed by atoms with Crippen LogP contribution in [0.3, 0.4) is 0 Å². The summed E-state index contributed by atoms with van der Waals surface area (Å²) in [6, 6.07) is 9.41. The van der Waals surface area contributed by atoms with Gasteiger partial charge in [0.25, 0.3) is 5.91 Å². The minimum Gasteiger partial charge on any atom is -0.477 e. The zero-order valence-electron chi connectivity index (χ0n) is 11.1. The number of hydrogen-bond acceptors (Lipinski definition) is 4. The Morgan fingerprint density at radius 3 is 2.73 bits per heavy atom. The van der Waals surface area contributed by atoms with E-state index >= 15 is 0 Å². The van der Waals surface area contributed by atoms with Gasteiger partial charge >= 0.3 is 5.69 Å². The molecule has 6 nitrogen and oxygen atoms in total. The molecule has 0 atom stereocenters. The molecule has 0 bridgehead atoms. The van der Waals surface area contributed by atoms with Gasteiger partial charge in [0.15, 0.2) is 12.4 Å². The Morgan fingerprint density at radius 1 is 1.32 bits per heavy atom. The number of nitrogens with one attached hydrogen (secondary N) is 1. The van der Waals surface area contributed by atoms with Crippen LogP contribution in [0.2, 0.25) is 5.02 Å². The average Bonchev–Trinajstić information content (AvgIpc) is 2.49. The molecule has 22 heavy (non-hydrogen) atoms. The van der Waals surface area contributed by atoms with Gasteiger partial charge in [0, 0.05) is 11.8 Å². The fourth-order valence-electron chi connectivity index (χ4n) is 1.64. The van der Waals surface area contributed by atoms with Gasteiger partial charge < -0.3 is 10.1 Å². The van der Waals surface area contributed by atoms with Gasteiger partial charge in [-0.15, -0.1) is 0 Å². The lowest BCUT2D eigenvalue weighted by Gasteiger charge is -2.08. The Labute approximate surface area is 129 Å². The molecule has 0 unspecified atom stereocenters. The van der Waals surface area contributed by atoms with Crippen LogP contribution in [0.15, 0.2) is 42.5 Å². The predicted molar refractivity (Wildman–Crippen MR) is 78.6 cm³/mol. The van der Waals surface area contributed by atoms with E-state index in [4.69, 9.17) is 16.3 Å². The van der Waals surface area contributed by atoms with Gasteiger partial charge in [0.1, 0.15) is 5.82 Å². The highest BCUT2D eigenvalue weighted by molar-refractivity contribution is 6.31. The number of anilines is 1. The second-order valence-electron chi connectivity index (χ2n) is 4.19. The first-order valence-corrected chi connectivity index (χ1v) is 6.46. The third kappa shape index (κ3) is 3.92. The SMILES string of the molecule is O=C(COc1ccccc1[N+](=O)[O-])Nc1ccc(F)c(Cl)c1. The summed E-state index contributed by atoms with van der Waals surface area (Å²) in [7, 11) is 0. The van der Waals surface area contributed by atoms with Gasteiger partial charge in [-0.25, -0.2) is 4.39 Å². The summed E-state index contributed by atoms with van der Waals surface area (Å²) in [5.74, 6) is -1.17. The van der Waals surface area contributed by atoms with Crippen molar-refractivity contribution in [2.45, 2.75) is 0 Å². The van der Waals surface area contributed by atoms with Crippen LogP contribution in [0.4, 0.5) is 15.8 Å². The number of rotatable bonds is 5. The molecule has 0 aromatic heterocycles. The maximum Gasteiger partial charge on any atom is 0.310 e. The van der Waals surface area contributed by atoms with Gasteiger partial charge in [0.2, 0.25) is 0 Å². The van der Waals surface area contributed by atoms with Crippen LogP contribution in [0, 0.1) is 15.9 Å². The number of nitro groups is 1. The van der Waals surface area contributed by atoms with Crippen LogP contribution >= 0.6 is 11.6 Å². The number of carbonyl (C=O) groups is 1. The van der Waals surface area contributed by atoms with Crippen molar-refractivity contribution in [3.8, 4) is 5.75 Å². The third-order valence-corrected chi connectivity index (χ3v) is 2.91. The van der Waals surface area contributed by atoms with Crippen molar-refractivity contribution in [2.75, 3.05) is 11.9 Å². The maximum absolute atomic E-state index is 13.0. The van der Waals surface area contributed by atoms with E-state index < -0.39 is 23.3 Å². The number of para-hydroxylation sites is 2. The summed E-state index contributed by atoms with van der Waals surface area (Å²) in [4.78, 5) is 21.9. The first-order chi connectivity index (χ1) is 10.5. The Kier molecular flexibility index (Phi) is 4.90. The molecule has 0 aliphatic rings. The molecular formula is C14H10ClFN2O4. The predicted octanol–water partition coefficient (Wildman–Crippen LogP) is 3.40. The topological polar surface area (TPSA) is 81.5 Å². The van der Waals surface area contributed by atoms with E-state index in [1.807, 2.05) is 0 Å². The second-order valence-corrected chi connectivity index (χ2v) is 4.60. The average molecular weight is 325 g/mol. The molecule has 0 fully saturated rings. The summed E-state index contributed by atoms with van der Waals surface area (Å²) in [6.07, 6.45) is 0. The van der Waals surface area contributed by atoms with Crippen molar-refractivity contribution < 1.29 is 18.8 Å². The molecule has 0 aliphatic heterocycles. The summed E-state index contributed by atoms with van der Waals surface area (Å²) in [6.45, 7) is -0.431. The maximum atomic E-state index is 13.0. The lowest BCUT2D eigenvalue weighted by molar-refractivity contribution is -0.385. The minimum atomic E-state index is -0.604. The molecule has 0 saturated carbocycles. The van der Waals surface area contributed by atoms with E-state index in [1.54, 1.807) is 6.07 Å². The van der Waals surface area contributed by atoms with Crippen LogP contribution in [-0.4, -0.2) is 17.4 Å². The van der Waals surface area contributed by atoms with Gasteiger partial charge in [-0.05, 0) is 24.3 Å². The van der Waals surface area contributed by atoms with E-state index in [1.165, 1.54) is 30.3 Å². The Hall–Kier alpha value is -2.67. The van der Waals surface area contributed by atoms with Crippen LogP contribution in [0.25, 0.3) is 0 Å². The lowest BCUT2D eigenvalue weighted by atomic mass is 10.3. The fourth-order valence-corrected chi connectivity index (χ4v) is 1.82. The molecule has 1 N–H and O–H groups in total. The molecule has 2 aromatic carbocycles. The van der Waals surface area contributed by atoms with Crippen molar-refractivity contribution in [3.05, 3.63) is 63.4 Å². The van der Waals surface area contributed by atoms with E-state index in [-0.39, 0.29) is 16.5 Å². The monoisotopic (exact) mass is 324 g/mol. The number of ether oxygens (including phenoxy) is 1. The molecule has 8 heteroatoms. The minimum absolute atomic E-state index is 0.0141. The summed E-state index contributed by atoms with van der Waals surface area (Å²) >= 11 is 5.59. The van der Waals surface area contributed by atoms with Gasteiger partial charge in [-0.3, -0.25) is 14.9 Å². The highest BCUT2D eigenvalue weighted by Gasteiger charge is 2.15. The quantitative estimate of drug-likeness (QED) is 0.675. The molecular weight excluding hydrogens is 315 g/mol. The largest absolute Gasteiger partial charge is 0.477 e. The van der Waals surface area contributed by atoms with Gasteiger partial charge in [0.05, 0.1) is 9.95 Å². The molecule has 0 saturated heterocycles. The number of nitrogens with zero attached hydrogens (tertiary/aromatic N) is 1. The molecule has 0 aliphatic carbocycles. The molecule has 1 amide bonds. The fraction of sp³-hybridized carbons (Fsp3) is 0.0714. The van der Waals surface area contributed by atoms with Crippen molar-refractivity contribution >= 4 is 28.9 Å². The first kappa shape index (κ1) is 15.7. The van der Waals surface area contributed by atoms with Crippen molar-refractivity contribution in [2.24, 2.45) is 0 Å². The number of nitro benzene ring substituents is 1. The van der Waals surface area contributed by atoms with Crippen LogP contribution in [-0.2, 0) is 4.79 Å². The molecule has 2 rings (SSSR count). The zero-order chi connectivity index (χ0) is 16.1. The smallest absolute Gasteiger partial charge is 0.310 e. The molecule has 0 heterocycles. The summed E-state index contributed by atoms with van der Waals surface area (Å²) in [5, 5.41) is 13.1. The number of amides is 1. The van der Waals surface area contributed by atoms with Crippen LogP contribution < -0.4 is 10.1 Å². The molecule has 0 spiro atoms. The van der Waals surface area contributed by atoms with E-state index in [9.17, 15) is 19.3 Å². The van der Waals surface area contributed by atoms with Gasteiger partial charge in [-0.1, -0.05) is 23.7 Å². The Morgan fingerprint density at radius 2 is 2.05 bits per heavy atom. The molecule has 2 aromatic rings.